The lowest BCUT2D eigenvalue weighted by Gasteiger charge is -2.26. The monoisotopic (exact) mass is 406 g/mol. The Kier molecular flexibility index (Phi) is 6.70. The van der Waals surface area contributed by atoms with Gasteiger partial charge in [-0.15, -0.1) is 11.3 Å². The average molecular weight is 407 g/mol. The van der Waals surface area contributed by atoms with Crippen LogP contribution in [0.15, 0.2) is 66.7 Å². The average Bonchev–Trinajstić information content (AvgIpc) is 3.21. The predicted molar refractivity (Wildman–Crippen MR) is 118 cm³/mol. The molecule has 0 radical (unpaired) electrons. The summed E-state index contributed by atoms with van der Waals surface area (Å²) in [5.74, 6) is 0.235. The van der Waals surface area contributed by atoms with Gasteiger partial charge in [0.2, 0.25) is 5.91 Å². The van der Waals surface area contributed by atoms with Crippen LogP contribution in [0, 0.1) is 5.92 Å². The van der Waals surface area contributed by atoms with E-state index in [0.717, 1.165) is 29.8 Å². The van der Waals surface area contributed by atoms with Crippen LogP contribution in [0.25, 0.3) is 10.2 Å². The summed E-state index contributed by atoms with van der Waals surface area (Å²) in [6.45, 7) is 1.89. The number of nitrogens with zero attached hydrogens (tertiary/aromatic N) is 1. The van der Waals surface area contributed by atoms with Gasteiger partial charge in [-0.3, -0.25) is 4.79 Å². The molecule has 4 rings (SSSR count). The van der Waals surface area contributed by atoms with E-state index < -0.39 is 0 Å². The number of benzene rings is 2. The Morgan fingerprint density at radius 3 is 2.72 bits per heavy atom. The highest BCUT2D eigenvalue weighted by molar-refractivity contribution is 7.18. The molecule has 5 heteroatoms. The molecule has 0 bridgehead atoms. The molecule has 0 saturated carbocycles. The molecule has 0 fully saturated rings. The number of thiazole rings is 1. The number of amides is 1. The minimum atomic E-state index is -0.0502. The molecule has 2 atom stereocenters. The van der Waals surface area contributed by atoms with Gasteiger partial charge in [0.05, 0.1) is 27.7 Å². The minimum Gasteiger partial charge on any atom is -0.377 e. The van der Waals surface area contributed by atoms with Crippen molar-refractivity contribution in [2.45, 2.75) is 31.8 Å². The van der Waals surface area contributed by atoms with Crippen molar-refractivity contribution in [1.82, 2.24) is 10.3 Å². The number of ether oxygens (including phenoxy) is 1. The molecular formula is C24H26N2O2S. The molecule has 2 unspecified atom stereocenters. The number of carbonyl (C=O) groups is 1. The molecule has 29 heavy (non-hydrogen) atoms. The van der Waals surface area contributed by atoms with Crippen LogP contribution in [0.5, 0.6) is 0 Å². The van der Waals surface area contributed by atoms with Crippen molar-refractivity contribution in [2.75, 3.05) is 13.2 Å². The largest absolute Gasteiger partial charge is 0.377 e. The van der Waals surface area contributed by atoms with Crippen molar-refractivity contribution >= 4 is 27.5 Å². The van der Waals surface area contributed by atoms with Crippen LogP contribution in [-0.2, 0) is 16.1 Å². The summed E-state index contributed by atoms with van der Waals surface area (Å²) < 4.78 is 6.89. The number of carbonyl (C=O) groups excluding carboxylic acids is 1. The van der Waals surface area contributed by atoms with Crippen LogP contribution >= 0.6 is 11.3 Å². The van der Waals surface area contributed by atoms with Crippen molar-refractivity contribution in [3.05, 3.63) is 77.3 Å². The summed E-state index contributed by atoms with van der Waals surface area (Å²) >= 11 is 1.71. The lowest BCUT2D eigenvalue weighted by Crippen LogP contribution is -2.35. The molecule has 2 aromatic carbocycles. The first-order chi connectivity index (χ1) is 14.3. The second-order valence-corrected chi connectivity index (χ2v) is 8.42. The van der Waals surface area contributed by atoms with E-state index in [-0.39, 0.29) is 17.7 Å². The molecule has 1 aliphatic rings. The molecule has 1 N–H and O–H groups in total. The molecule has 4 nitrogen and oxygen atoms in total. The zero-order valence-electron chi connectivity index (χ0n) is 16.4. The van der Waals surface area contributed by atoms with Gasteiger partial charge in [0, 0.05) is 19.1 Å². The first-order valence-corrected chi connectivity index (χ1v) is 11.0. The third-order valence-corrected chi connectivity index (χ3v) is 6.44. The second kappa shape index (κ2) is 9.81. The molecular weight excluding hydrogens is 380 g/mol. The molecule has 3 aromatic rings. The fraction of sp³-hybridized carbons (Fsp3) is 0.333. The van der Waals surface area contributed by atoms with Crippen LogP contribution in [0.2, 0.25) is 0 Å². The highest BCUT2D eigenvalue weighted by Gasteiger charge is 2.32. The smallest absolute Gasteiger partial charge is 0.224 e. The van der Waals surface area contributed by atoms with Gasteiger partial charge in [-0.2, -0.15) is 0 Å². The standard InChI is InChI=1S/C24H26N2O2S/c27-23(25-15-8-16-28-17-18-9-2-1-3-10-18)19-11-4-5-12-20(19)24-26-21-13-6-7-14-22(21)29-24/h1-7,9-10,13-14,19-20H,8,11-12,15-17H2,(H,25,27). The van der Waals surface area contributed by atoms with E-state index in [0.29, 0.717) is 19.8 Å². The summed E-state index contributed by atoms with van der Waals surface area (Å²) in [6.07, 6.45) is 6.76. The van der Waals surface area contributed by atoms with Crippen LogP contribution < -0.4 is 5.32 Å². The number of fused-ring (bicyclic) bond motifs is 1. The van der Waals surface area contributed by atoms with Gasteiger partial charge in [0.1, 0.15) is 0 Å². The summed E-state index contributed by atoms with van der Waals surface area (Å²) in [5, 5.41) is 4.18. The number of hydrogen-bond acceptors (Lipinski definition) is 4. The van der Waals surface area contributed by atoms with Gasteiger partial charge in [-0.1, -0.05) is 54.6 Å². The van der Waals surface area contributed by atoms with E-state index in [1.807, 2.05) is 36.4 Å². The number of hydrogen-bond donors (Lipinski definition) is 1. The quantitative estimate of drug-likeness (QED) is 0.420. The Morgan fingerprint density at radius 1 is 1.07 bits per heavy atom. The van der Waals surface area contributed by atoms with Gasteiger partial charge in [0.25, 0.3) is 0 Å². The van der Waals surface area contributed by atoms with E-state index in [9.17, 15) is 4.79 Å². The summed E-state index contributed by atoms with van der Waals surface area (Å²) in [6, 6.07) is 18.3. The molecule has 1 aromatic heterocycles. The maximum absolute atomic E-state index is 12.8. The lowest BCUT2D eigenvalue weighted by atomic mass is 9.82. The first-order valence-electron chi connectivity index (χ1n) is 10.2. The van der Waals surface area contributed by atoms with E-state index in [1.54, 1.807) is 11.3 Å². The number of nitrogens with one attached hydrogen (secondary N) is 1. The van der Waals surface area contributed by atoms with Crippen LogP contribution in [0.4, 0.5) is 0 Å². The Balaban J connectivity index is 1.27. The maximum Gasteiger partial charge on any atom is 0.224 e. The Bertz CT molecular complexity index is 934. The first kappa shape index (κ1) is 19.8. The number of aromatic nitrogens is 1. The van der Waals surface area contributed by atoms with Gasteiger partial charge in [-0.05, 0) is 37.0 Å². The minimum absolute atomic E-state index is 0.0502. The van der Waals surface area contributed by atoms with Gasteiger partial charge in [0.15, 0.2) is 0 Å². The topological polar surface area (TPSA) is 51.2 Å². The van der Waals surface area contributed by atoms with Crippen LogP contribution in [-0.4, -0.2) is 24.0 Å². The van der Waals surface area contributed by atoms with Crippen LogP contribution in [0.1, 0.15) is 35.8 Å². The third-order valence-electron chi connectivity index (χ3n) is 5.27. The highest BCUT2D eigenvalue weighted by Crippen LogP contribution is 2.38. The Morgan fingerprint density at radius 2 is 1.86 bits per heavy atom. The fourth-order valence-corrected chi connectivity index (χ4v) is 4.85. The van der Waals surface area contributed by atoms with E-state index in [2.05, 4.69) is 35.7 Å². The van der Waals surface area contributed by atoms with Gasteiger partial charge >= 0.3 is 0 Å². The number of allylic oxidation sites excluding steroid dienone is 2. The molecule has 0 spiro atoms. The van der Waals surface area contributed by atoms with E-state index in [1.165, 1.54) is 10.3 Å². The molecule has 0 saturated heterocycles. The number of para-hydroxylation sites is 1. The van der Waals surface area contributed by atoms with Crippen LogP contribution in [0.3, 0.4) is 0 Å². The summed E-state index contributed by atoms with van der Waals surface area (Å²) in [4.78, 5) is 17.6. The zero-order chi connectivity index (χ0) is 19.9. The Hall–Kier alpha value is -2.50. The van der Waals surface area contributed by atoms with Gasteiger partial charge in [-0.25, -0.2) is 4.98 Å². The molecule has 1 aliphatic carbocycles. The molecule has 1 amide bonds. The van der Waals surface area contributed by atoms with Crippen molar-refractivity contribution in [1.29, 1.82) is 0 Å². The van der Waals surface area contributed by atoms with Gasteiger partial charge < -0.3 is 10.1 Å². The molecule has 1 heterocycles. The zero-order valence-corrected chi connectivity index (χ0v) is 17.2. The summed E-state index contributed by atoms with van der Waals surface area (Å²) in [5.41, 5.74) is 2.20. The molecule has 0 aliphatic heterocycles. The maximum atomic E-state index is 12.8. The summed E-state index contributed by atoms with van der Waals surface area (Å²) in [7, 11) is 0. The van der Waals surface area contributed by atoms with Crippen molar-refractivity contribution in [3.63, 3.8) is 0 Å². The number of rotatable bonds is 8. The SMILES string of the molecule is O=C(NCCCOCc1ccccc1)C1CC=CCC1c1nc2ccccc2s1. The Labute approximate surface area is 175 Å². The fourth-order valence-electron chi connectivity index (χ4n) is 3.71. The van der Waals surface area contributed by atoms with Crippen molar-refractivity contribution in [3.8, 4) is 0 Å². The van der Waals surface area contributed by atoms with Crippen molar-refractivity contribution < 1.29 is 9.53 Å². The van der Waals surface area contributed by atoms with Crippen molar-refractivity contribution in [2.24, 2.45) is 5.92 Å². The second-order valence-electron chi connectivity index (χ2n) is 7.36. The molecule has 150 valence electrons. The van der Waals surface area contributed by atoms with E-state index >= 15 is 0 Å². The van der Waals surface area contributed by atoms with E-state index in [4.69, 9.17) is 9.72 Å². The lowest BCUT2D eigenvalue weighted by molar-refractivity contribution is -0.125. The highest BCUT2D eigenvalue weighted by atomic mass is 32.1. The normalized spacial score (nSPS) is 18.8. The third kappa shape index (κ3) is 5.11. The predicted octanol–water partition coefficient (Wildman–Crippen LogP) is 5.07.